The molecule has 64 valence electrons. The molecule has 1 heterocycles. The van der Waals surface area contributed by atoms with Gasteiger partial charge in [-0.25, -0.2) is 0 Å². The fraction of sp³-hybridized carbons (Fsp3) is 0.375. The lowest BCUT2D eigenvalue weighted by molar-refractivity contribution is 0.850. The van der Waals surface area contributed by atoms with Crippen LogP contribution in [0.4, 0.5) is 5.82 Å². The molecule has 1 aromatic rings. The second kappa shape index (κ2) is 3.30. The topological polar surface area (TPSA) is 51.4 Å². The van der Waals surface area contributed by atoms with Crippen molar-refractivity contribution in [1.82, 2.24) is 4.57 Å². The molecule has 0 amide bonds. The Hall–Kier alpha value is -1.45. The van der Waals surface area contributed by atoms with Gasteiger partial charge in [0.1, 0.15) is 0 Å². The summed E-state index contributed by atoms with van der Waals surface area (Å²) in [6.45, 7) is 1.92. The van der Waals surface area contributed by atoms with Gasteiger partial charge in [0, 0.05) is 13.1 Å². The molecule has 12 heavy (non-hydrogen) atoms. The van der Waals surface area contributed by atoms with Crippen LogP contribution in [0.3, 0.4) is 0 Å². The largest absolute Gasteiger partial charge is 0.293 e. The molecule has 0 aliphatic carbocycles. The van der Waals surface area contributed by atoms with Crippen LogP contribution >= 0.6 is 0 Å². The van der Waals surface area contributed by atoms with Gasteiger partial charge >= 0.3 is 0 Å². The highest BCUT2D eigenvalue weighted by molar-refractivity contribution is 5.32. The summed E-state index contributed by atoms with van der Waals surface area (Å²) >= 11 is 0. The third-order valence-electron chi connectivity index (χ3n) is 1.80. The molecule has 0 spiro atoms. The van der Waals surface area contributed by atoms with Gasteiger partial charge in [-0.2, -0.15) is 0 Å². The first-order chi connectivity index (χ1) is 5.69. The monoisotopic (exact) mass is 166 g/mol. The standard InChI is InChI=1S/C8H10N2O2/c1-3-6-4-7(9-12)10(2)8(11)5-6/h4-5H,3H2,1-2H3. The van der Waals surface area contributed by atoms with E-state index in [1.807, 2.05) is 6.92 Å². The van der Waals surface area contributed by atoms with Crippen LogP contribution in [0.25, 0.3) is 0 Å². The van der Waals surface area contributed by atoms with E-state index in [0.29, 0.717) is 0 Å². The average Bonchev–Trinajstić information content (AvgIpc) is 2.09. The van der Waals surface area contributed by atoms with E-state index >= 15 is 0 Å². The summed E-state index contributed by atoms with van der Waals surface area (Å²) < 4.78 is 1.23. The summed E-state index contributed by atoms with van der Waals surface area (Å²) in [5.41, 5.74) is 0.650. The molecule has 0 radical (unpaired) electrons. The summed E-state index contributed by atoms with van der Waals surface area (Å²) in [6, 6.07) is 3.13. The fourth-order valence-electron chi connectivity index (χ4n) is 0.964. The summed E-state index contributed by atoms with van der Waals surface area (Å²) in [7, 11) is 1.53. The van der Waals surface area contributed by atoms with Gasteiger partial charge in [0.15, 0.2) is 5.82 Å². The molecule has 0 atom stereocenters. The minimum atomic E-state index is -0.191. The van der Waals surface area contributed by atoms with Crippen LogP contribution < -0.4 is 5.56 Å². The molecule has 0 aliphatic heterocycles. The quantitative estimate of drug-likeness (QED) is 0.622. The highest BCUT2D eigenvalue weighted by atomic mass is 16.3. The van der Waals surface area contributed by atoms with Gasteiger partial charge in [-0.3, -0.25) is 9.36 Å². The van der Waals surface area contributed by atoms with Crippen molar-refractivity contribution in [3.63, 3.8) is 0 Å². The molecule has 0 aromatic carbocycles. The van der Waals surface area contributed by atoms with Crippen LogP contribution in [0, 0.1) is 4.91 Å². The van der Waals surface area contributed by atoms with E-state index in [9.17, 15) is 9.70 Å². The van der Waals surface area contributed by atoms with Crippen molar-refractivity contribution in [3.8, 4) is 0 Å². The van der Waals surface area contributed by atoms with E-state index in [1.165, 1.54) is 17.7 Å². The molecule has 0 fully saturated rings. The lowest BCUT2D eigenvalue weighted by Crippen LogP contribution is -2.15. The third kappa shape index (κ3) is 1.42. The van der Waals surface area contributed by atoms with Crippen molar-refractivity contribution >= 4 is 5.82 Å². The lowest BCUT2D eigenvalue weighted by atomic mass is 10.2. The smallest absolute Gasteiger partial charge is 0.252 e. The Morgan fingerprint density at radius 1 is 1.50 bits per heavy atom. The van der Waals surface area contributed by atoms with Gasteiger partial charge in [-0.05, 0) is 23.2 Å². The maximum Gasteiger partial charge on any atom is 0.252 e. The molecular weight excluding hydrogens is 156 g/mol. The molecule has 0 saturated carbocycles. The highest BCUT2D eigenvalue weighted by Gasteiger charge is 2.01. The van der Waals surface area contributed by atoms with Gasteiger partial charge in [0.2, 0.25) is 0 Å². The van der Waals surface area contributed by atoms with Crippen molar-refractivity contribution in [1.29, 1.82) is 0 Å². The number of nitrogens with zero attached hydrogens (tertiary/aromatic N) is 2. The summed E-state index contributed by atoms with van der Waals surface area (Å²) in [5.74, 6) is 0.180. The highest BCUT2D eigenvalue weighted by Crippen LogP contribution is 2.09. The van der Waals surface area contributed by atoms with Crippen molar-refractivity contribution in [2.24, 2.45) is 12.2 Å². The first kappa shape index (κ1) is 8.64. The third-order valence-corrected chi connectivity index (χ3v) is 1.80. The van der Waals surface area contributed by atoms with Gasteiger partial charge in [-0.15, -0.1) is 4.91 Å². The van der Waals surface area contributed by atoms with Crippen molar-refractivity contribution < 1.29 is 0 Å². The van der Waals surface area contributed by atoms with Crippen LogP contribution in [0.2, 0.25) is 0 Å². The first-order valence-corrected chi connectivity index (χ1v) is 3.72. The van der Waals surface area contributed by atoms with E-state index in [0.717, 1.165) is 12.0 Å². The Morgan fingerprint density at radius 3 is 2.67 bits per heavy atom. The molecule has 4 nitrogen and oxygen atoms in total. The van der Waals surface area contributed by atoms with E-state index < -0.39 is 0 Å². The summed E-state index contributed by atoms with van der Waals surface area (Å²) in [4.78, 5) is 21.4. The van der Waals surface area contributed by atoms with Gasteiger partial charge < -0.3 is 0 Å². The number of hydrogen-bond donors (Lipinski definition) is 0. The molecule has 0 bridgehead atoms. The zero-order chi connectivity index (χ0) is 9.14. The molecule has 1 aromatic heterocycles. The van der Waals surface area contributed by atoms with Crippen LogP contribution in [0.1, 0.15) is 12.5 Å². The van der Waals surface area contributed by atoms with E-state index in [2.05, 4.69) is 5.18 Å². The molecule has 0 aliphatic rings. The first-order valence-electron chi connectivity index (χ1n) is 3.72. The molecule has 0 N–H and O–H groups in total. The predicted octanol–water partition coefficient (Wildman–Crippen LogP) is 1.35. The Morgan fingerprint density at radius 2 is 2.17 bits per heavy atom. The number of pyridine rings is 1. The SMILES string of the molecule is CCc1cc(N=O)n(C)c(=O)c1. The van der Waals surface area contributed by atoms with Crippen LogP contribution in [0.5, 0.6) is 0 Å². The average molecular weight is 166 g/mol. The maximum absolute atomic E-state index is 11.1. The van der Waals surface area contributed by atoms with E-state index in [1.54, 1.807) is 6.07 Å². The van der Waals surface area contributed by atoms with Crippen LogP contribution in [-0.4, -0.2) is 4.57 Å². The van der Waals surface area contributed by atoms with Gasteiger partial charge in [-0.1, -0.05) is 6.92 Å². The maximum atomic E-state index is 11.1. The van der Waals surface area contributed by atoms with Crippen LogP contribution in [0.15, 0.2) is 22.1 Å². The van der Waals surface area contributed by atoms with Gasteiger partial charge in [0.25, 0.3) is 5.56 Å². The molecular formula is C8H10N2O2. The molecule has 1 rings (SSSR count). The van der Waals surface area contributed by atoms with Gasteiger partial charge in [0.05, 0.1) is 0 Å². The normalized spacial score (nSPS) is 9.83. The Balaban J connectivity index is 3.38. The Bertz CT molecular complexity index is 355. The summed E-state index contributed by atoms with van der Waals surface area (Å²) in [6.07, 6.45) is 0.735. The van der Waals surface area contributed by atoms with Crippen molar-refractivity contribution in [2.45, 2.75) is 13.3 Å². The zero-order valence-electron chi connectivity index (χ0n) is 7.07. The zero-order valence-corrected chi connectivity index (χ0v) is 7.07. The predicted molar refractivity (Wildman–Crippen MR) is 46.5 cm³/mol. The molecule has 0 saturated heterocycles. The van der Waals surface area contributed by atoms with E-state index in [-0.39, 0.29) is 11.4 Å². The van der Waals surface area contributed by atoms with Crippen molar-refractivity contribution in [3.05, 3.63) is 33.0 Å². The minimum absolute atomic E-state index is 0.180. The second-order valence-electron chi connectivity index (χ2n) is 2.56. The number of rotatable bonds is 2. The fourth-order valence-corrected chi connectivity index (χ4v) is 0.964. The lowest BCUT2D eigenvalue weighted by Gasteiger charge is -2.01. The number of aryl methyl sites for hydroxylation is 1. The second-order valence-corrected chi connectivity index (χ2v) is 2.56. The molecule has 4 heteroatoms. The number of aromatic nitrogens is 1. The van der Waals surface area contributed by atoms with E-state index in [4.69, 9.17) is 0 Å². The number of nitroso groups, excluding NO2 is 1. The molecule has 0 unspecified atom stereocenters. The Kier molecular flexibility index (Phi) is 2.38. The number of hydrogen-bond acceptors (Lipinski definition) is 3. The minimum Gasteiger partial charge on any atom is -0.293 e. The Labute approximate surface area is 69.8 Å². The summed E-state index contributed by atoms with van der Waals surface area (Å²) in [5, 5.41) is 2.75. The van der Waals surface area contributed by atoms with Crippen LogP contribution in [-0.2, 0) is 13.5 Å². The van der Waals surface area contributed by atoms with Crippen molar-refractivity contribution in [2.75, 3.05) is 0 Å².